The molecule has 6 nitrogen and oxygen atoms in total. The average molecular weight is 340 g/mol. The highest BCUT2D eigenvalue weighted by atomic mass is 32.1. The molecule has 1 fully saturated rings. The lowest BCUT2D eigenvalue weighted by Gasteiger charge is -2.29. The molecule has 0 saturated carbocycles. The highest BCUT2D eigenvalue weighted by molar-refractivity contribution is 7.07. The molecule has 23 heavy (non-hydrogen) atoms. The summed E-state index contributed by atoms with van der Waals surface area (Å²) in [6.07, 6.45) is 0. The van der Waals surface area contributed by atoms with Crippen molar-refractivity contribution in [1.29, 1.82) is 0 Å². The summed E-state index contributed by atoms with van der Waals surface area (Å²) < 4.78 is 5.34. The van der Waals surface area contributed by atoms with Crippen molar-refractivity contribution in [2.24, 2.45) is 0 Å². The van der Waals surface area contributed by atoms with Gasteiger partial charge in [-0.2, -0.15) is 11.3 Å². The second-order valence-corrected chi connectivity index (χ2v) is 6.98. The first kappa shape index (κ1) is 18.2. The van der Waals surface area contributed by atoms with Crippen molar-refractivity contribution in [3.63, 3.8) is 0 Å². The molecule has 1 saturated heterocycles. The fourth-order valence-electron chi connectivity index (χ4n) is 2.74. The molecular formula is C16H28N4O2S. The largest absolute Gasteiger partial charge is 0.379 e. The number of rotatable bonds is 7. The van der Waals surface area contributed by atoms with E-state index in [1.807, 2.05) is 21.0 Å². The van der Waals surface area contributed by atoms with Gasteiger partial charge in [0, 0.05) is 32.2 Å². The Hall–Kier alpha value is -1.15. The molecule has 0 radical (unpaired) electrons. The first-order valence-electron chi connectivity index (χ1n) is 8.09. The van der Waals surface area contributed by atoms with Crippen molar-refractivity contribution in [3.05, 3.63) is 22.4 Å². The van der Waals surface area contributed by atoms with Crippen molar-refractivity contribution in [2.75, 3.05) is 53.5 Å². The molecular weight excluding hydrogens is 312 g/mol. The molecule has 2 atom stereocenters. The monoisotopic (exact) mass is 340 g/mol. The summed E-state index contributed by atoms with van der Waals surface area (Å²) in [5.41, 5.74) is 1.24. The number of carbonyl (C=O) groups is 1. The standard InChI is InChI=1S/C16H28N4O2S/c1-13(11-20-5-7-22-8-6-20)18-16(21)17-10-15(19(2)3)14-4-9-23-12-14/h4,9,12-13,15H,5-8,10-11H2,1-3H3,(H2,17,18,21)/t13-,15+/m1/s1. The summed E-state index contributed by atoms with van der Waals surface area (Å²) in [4.78, 5) is 16.6. The van der Waals surface area contributed by atoms with Crippen LogP contribution in [0.15, 0.2) is 16.8 Å². The van der Waals surface area contributed by atoms with Crippen LogP contribution in [-0.2, 0) is 4.74 Å². The van der Waals surface area contributed by atoms with Crippen LogP contribution in [0, 0.1) is 0 Å². The Bertz CT molecular complexity index is 461. The third-order valence-electron chi connectivity index (χ3n) is 4.02. The molecule has 1 aromatic heterocycles. The summed E-state index contributed by atoms with van der Waals surface area (Å²) >= 11 is 1.68. The number of thiophene rings is 1. The van der Waals surface area contributed by atoms with Gasteiger partial charge in [0.1, 0.15) is 0 Å². The Morgan fingerprint density at radius 2 is 2.17 bits per heavy atom. The van der Waals surface area contributed by atoms with E-state index in [0.717, 1.165) is 32.8 Å². The zero-order valence-electron chi connectivity index (χ0n) is 14.2. The SMILES string of the molecule is C[C@H](CN1CCOCC1)NC(=O)NC[C@@H](c1ccsc1)N(C)C. The molecule has 1 aromatic rings. The van der Waals surface area contributed by atoms with Gasteiger partial charge < -0.3 is 20.3 Å². The number of nitrogens with one attached hydrogen (secondary N) is 2. The summed E-state index contributed by atoms with van der Waals surface area (Å²) in [7, 11) is 4.06. The van der Waals surface area contributed by atoms with Gasteiger partial charge >= 0.3 is 6.03 Å². The predicted octanol–water partition coefficient (Wildman–Crippen LogP) is 1.37. The number of amides is 2. The normalized spacial score (nSPS) is 18.6. The van der Waals surface area contributed by atoms with Crippen LogP contribution in [0.2, 0.25) is 0 Å². The molecule has 1 aliphatic rings. The van der Waals surface area contributed by atoms with E-state index in [0.29, 0.717) is 6.54 Å². The second-order valence-electron chi connectivity index (χ2n) is 6.20. The van der Waals surface area contributed by atoms with E-state index in [9.17, 15) is 4.79 Å². The Morgan fingerprint density at radius 1 is 1.43 bits per heavy atom. The molecule has 2 rings (SSSR count). The molecule has 130 valence electrons. The molecule has 0 aliphatic carbocycles. The van der Waals surface area contributed by atoms with Gasteiger partial charge in [-0.05, 0) is 43.4 Å². The van der Waals surface area contributed by atoms with Gasteiger partial charge in [-0.1, -0.05) is 0 Å². The van der Waals surface area contributed by atoms with E-state index in [-0.39, 0.29) is 18.1 Å². The van der Waals surface area contributed by atoms with Crippen LogP contribution >= 0.6 is 11.3 Å². The van der Waals surface area contributed by atoms with E-state index < -0.39 is 0 Å². The third kappa shape index (κ3) is 6.10. The topological polar surface area (TPSA) is 56.8 Å². The molecule has 2 heterocycles. The lowest BCUT2D eigenvalue weighted by atomic mass is 10.1. The van der Waals surface area contributed by atoms with Crippen LogP contribution in [0.4, 0.5) is 4.79 Å². The van der Waals surface area contributed by atoms with Gasteiger partial charge in [-0.3, -0.25) is 4.90 Å². The molecule has 7 heteroatoms. The Morgan fingerprint density at radius 3 is 2.78 bits per heavy atom. The maximum atomic E-state index is 12.1. The first-order valence-corrected chi connectivity index (χ1v) is 9.03. The molecule has 0 unspecified atom stereocenters. The number of nitrogens with zero attached hydrogens (tertiary/aromatic N) is 2. The smallest absolute Gasteiger partial charge is 0.315 e. The molecule has 2 amide bonds. The van der Waals surface area contributed by atoms with Crippen LogP contribution in [0.3, 0.4) is 0 Å². The summed E-state index contributed by atoms with van der Waals surface area (Å²) in [5.74, 6) is 0. The van der Waals surface area contributed by atoms with Gasteiger partial charge in [-0.25, -0.2) is 4.79 Å². The van der Waals surface area contributed by atoms with Gasteiger partial charge in [0.15, 0.2) is 0 Å². The summed E-state index contributed by atoms with van der Waals surface area (Å²) in [5, 5.41) is 10.2. The van der Waals surface area contributed by atoms with Crippen molar-refractivity contribution < 1.29 is 9.53 Å². The molecule has 0 spiro atoms. The number of hydrogen-bond donors (Lipinski definition) is 2. The molecule has 2 N–H and O–H groups in total. The minimum Gasteiger partial charge on any atom is -0.379 e. The fourth-order valence-corrected chi connectivity index (χ4v) is 3.45. The van der Waals surface area contributed by atoms with E-state index in [2.05, 4.69) is 37.3 Å². The van der Waals surface area contributed by atoms with Crippen LogP contribution < -0.4 is 10.6 Å². The third-order valence-corrected chi connectivity index (χ3v) is 4.72. The van der Waals surface area contributed by atoms with Crippen molar-refractivity contribution in [1.82, 2.24) is 20.4 Å². The Labute approximate surface area is 142 Å². The number of hydrogen-bond acceptors (Lipinski definition) is 5. The molecule has 0 aromatic carbocycles. The minimum absolute atomic E-state index is 0.104. The van der Waals surface area contributed by atoms with Gasteiger partial charge in [0.25, 0.3) is 0 Å². The predicted molar refractivity (Wildman–Crippen MR) is 94.0 cm³/mol. The van der Waals surface area contributed by atoms with Crippen molar-refractivity contribution in [3.8, 4) is 0 Å². The maximum Gasteiger partial charge on any atom is 0.315 e. The summed E-state index contributed by atoms with van der Waals surface area (Å²) in [6, 6.07) is 2.32. The number of carbonyl (C=O) groups excluding carboxylic acids is 1. The summed E-state index contributed by atoms with van der Waals surface area (Å²) in [6.45, 7) is 6.94. The highest BCUT2D eigenvalue weighted by Crippen LogP contribution is 2.19. The maximum absolute atomic E-state index is 12.1. The van der Waals surface area contributed by atoms with E-state index in [4.69, 9.17) is 4.74 Å². The highest BCUT2D eigenvalue weighted by Gasteiger charge is 2.18. The number of likely N-dealkylation sites (N-methyl/N-ethyl adjacent to an activating group) is 1. The number of urea groups is 1. The van der Waals surface area contributed by atoms with E-state index in [1.54, 1.807) is 11.3 Å². The second kappa shape index (κ2) is 9.22. The Balaban J connectivity index is 1.72. The Kier molecular flexibility index (Phi) is 7.29. The zero-order valence-corrected chi connectivity index (χ0v) is 15.1. The van der Waals surface area contributed by atoms with Crippen molar-refractivity contribution in [2.45, 2.75) is 19.0 Å². The van der Waals surface area contributed by atoms with E-state index in [1.165, 1.54) is 5.56 Å². The molecule has 1 aliphatic heterocycles. The first-order chi connectivity index (χ1) is 11.1. The van der Waals surface area contributed by atoms with Crippen LogP contribution in [0.5, 0.6) is 0 Å². The van der Waals surface area contributed by atoms with Crippen LogP contribution in [0.1, 0.15) is 18.5 Å². The number of ether oxygens (including phenoxy) is 1. The zero-order chi connectivity index (χ0) is 16.7. The lowest BCUT2D eigenvalue weighted by Crippen LogP contribution is -2.49. The number of morpholine rings is 1. The van der Waals surface area contributed by atoms with Crippen molar-refractivity contribution >= 4 is 17.4 Å². The van der Waals surface area contributed by atoms with Crippen LogP contribution in [0.25, 0.3) is 0 Å². The van der Waals surface area contributed by atoms with Gasteiger partial charge in [-0.15, -0.1) is 0 Å². The van der Waals surface area contributed by atoms with Crippen LogP contribution in [-0.4, -0.2) is 75.4 Å². The fraction of sp³-hybridized carbons (Fsp3) is 0.688. The minimum atomic E-state index is -0.104. The lowest BCUT2D eigenvalue weighted by molar-refractivity contribution is 0.0349. The molecule has 0 bridgehead atoms. The quantitative estimate of drug-likeness (QED) is 0.787. The van der Waals surface area contributed by atoms with E-state index >= 15 is 0 Å². The van der Waals surface area contributed by atoms with Gasteiger partial charge in [0.2, 0.25) is 0 Å². The van der Waals surface area contributed by atoms with Gasteiger partial charge in [0.05, 0.1) is 19.3 Å². The average Bonchev–Trinajstić information content (AvgIpc) is 3.02.